The van der Waals surface area contributed by atoms with E-state index in [0.29, 0.717) is 24.6 Å². The Morgan fingerprint density at radius 1 is 1.00 bits per heavy atom. The topological polar surface area (TPSA) is 55.8 Å². The molecule has 0 aromatic heterocycles. The molecule has 3 saturated heterocycles. The van der Waals surface area contributed by atoms with Gasteiger partial charge in [-0.15, -0.1) is 0 Å². The van der Waals surface area contributed by atoms with Gasteiger partial charge in [0.05, 0.1) is 11.5 Å². The normalized spacial score (nSPS) is 33.9. The van der Waals surface area contributed by atoms with Crippen molar-refractivity contribution in [3.8, 4) is 0 Å². The van der Waals surface area contributed by atoms with Crippen LogP contribution in [0, 0.1) is 11.8 Å². The minimum atomic E-state index is -3.34. The number of anilines is 2. The standard InChI is InChI=1S/C17H27N3O2S/c1-23(21,22)8-6-19(7-9-23)16-2-4-17(5-3-16)20-12-14-10-18-11-15(14)13-20/h2-5,14-15,18H,6-13H2,1H3,(H,21,22)/t14-,15+. The van der Waals surface area contributed by atoms with E-state index in [2.05, 4.69) is 39.4 Å². The monoisotopic (exact) mass is 337 g/mol. The van der Waals surface area contributed by atoms with Crippen molar-refractivity contribution >= 4 is 20.7 Å². The zero-order valence-corrected chi connectivity index (χ0v) is 14.6. The molecule has 4 rings (SSSR count). The maximum Gasteiger partial charge on any atom is 0.0515 e. The maximum atomic E-state index is 12.2. The van der Waals surface area contributed by atoms with E-state index in [4.69, 9.17) is 0 Å². The third kappa shape index (κ3) is 3.12. The average Bonchev–Trinajstić information content (AvgIpc) is 3.08. The summed E-state index contributed by atoms with van der Waals surface area (Å²) in [5, 5.41) is 3.48. The Morgan fingerprint density at radius 3 is 2.00 bits per heavy atom. The highest BCUT2D eigenvalue weighted by Gasteiger charge is 2.36. The summed E-state index contributed by atoms with van der Waals surface area (Å²) < 4.78 is 22.3. The molecule has 3 heterocycles. The average molecular weight is 337 g/mol. The van der Waals surface area contributed by atoms with Gasteiger partial charge in [-0.25, -0.2) is 4.21 Å². The lowest BCUT2D eigenvalue weighted by Gasteiger charge is -2.46. The first-order valence-electron chi connectivity index (χ1n) is 8.54. The van der Waals surface area contributed by atoms with Gasteiger partial charge in [-0.1, -0.05) is 0 Å². The quantitative estimate of drug-likeness (QED) is 0.846. The van der Waals surface area contributed by atoms with E-state index in [1.165, 1.54) is 11.9 Å². The lowest BCUT2D eigenvalue weighted by molar-refractivity contribution is 0.509. The molecule has 1 aromatic carbocycles. The van der Waals surface area contributed by atoms with Crippen molar-refractivity contribution in [3.63, 3.8) is 0 Å². The highest BCUT2D eigenvalue weighted by atomic mass is 32.3. The first-order chi connectivity index (χ1) is 10.9. The van der Waals surface area contributed by atoms with Gasteiger partial charge in [0, 0.05) is 56.9 Å². The zero-order valence-electron chi connectivity index (χ0n) is 13.8. The predicted molar refractivity (Wildman–Crippen MR) is 97.1 cm³/mol. The summed E-state index contributed by atoms with van der Waals surface area (Å²) in [5.41, 5.74) is 2.47. The van der Waals surface area contributed by atoms with Gasteiger partial charge >= 0.3 is 0 Å². The van der Waals surface area contributed by atoms with Crippen LogP contribution in [-0.2, 0) is 9.35 Å². The molecule has 0 saturated carbocycles. The van der Waals surface area contributed by atoms with Crippen LogP contribution in [0.15, 0.2) is 24.3 Å². The van der Waals surface area contributed by atoms with E-state index in [1.807, 2.05) is 0 Å². The van der Waals surface area contributed by atoms with Gasteiger partial charge in [0.25, 0.3) is 0 Å². The second-order valence-electron chi connectivity index (χ2n) is 7.69. The van der Waals surface area contributed by atoms with Crippen LogP contribution in [0.3, 0.4) is 0 Å². The Labute approximate surface area is 138 Å². The van der Waals surface area contributed by atoms with Crippen molar-refractivity contribution < 1.29 is 8.76 Å². The van der Waals surface area contributed by atoms with E-state index in [-0.39, 0.29) is 0 Å². The molecule has 3 fully saturated rings. The molecule has 0 unspecified atom stereocenters. The smallest absolute Gasteiger partial charge is 0.0515 e. The van der Waals surface area contributed by atoms with Gasteiger partial charge in [-0.2, -0.15) is 9.35 Å². The van der Waals surface area contributed by atoms with E-state index in [1.54, 1.807) is 0 Å². The van der Waals surface area contributed by atoms with Gasteiger partial charge in [0.1, 0.15) is 0 Å². The van der Waals surface area contributed by atoms with E-state index >= 15 is 0 Å². The molecular weight excluding hydrogens is 310 g/mol. The molecule has 6 heteroatoms. The number of fused-ring (bicyclic) bond motifs is 1. The summed E-state index contributed by atoms with van der Waals surface area (Å²) in [7, 11) is -3.34. The van der Waals surface area contributed by atoms with E-state index in [9.17, 15) is 8.76 Å². The molecule has 3 aliphatic rings. The van der Waals surface area contributed by atoms with Crippen molar-refractivity contribution in [2.75, 3.05) is 66.8 Å². The molecule has 2 N–H and O–H groups in total. The summed E-state index contributed by atoms with van der Waals surface area (Å²) >= 11 is 0. The molecule has 0 amide bonds. The third-order valence-electron chi connectivity index (χ3n) is 5.74. The second kappa shape index (κ2) is 5.19. The van der Waals surface area contributed by atoms with Gasteiger partial charge in [0.2, 0.25) is 0 Å². The summed E-state index contributed by atoms with van der Waals surface area (Å²) in [5.74, 6) is 2.36. The van der Waals surface area contributed by atoms with Crippen LogP contribution in [0.1, 0.15) is 0 Å². The number of benzene rings is 1. The molecule has 0 radical (unpaired) electrons. The summed E-state index contributed by atoms with van der Waals surface area (Å²) in [6.07, 6.45) is 1.52. The number of hydrogen-bond acceptors (Lipinski definition) is 4. The van der Waals surface area contributed by atoms with Crippen molar-refractivity contribution in [2.24, 2.45) is 11.8 Å². The largest absolute Gasteiger partial charge is 0.371 e. The molecule has 5 nitrogen and oxygen atoms in total. The summed E-state index contributed by atoms with van der Waals surface area (Å²) in [6, 6.07) is 8.74. The van der Waals surface area contributed by atoms with Crippen LogP contribution in [0.2, 0.25) is 0 Å². The molecule has 3 aliphatic heterocycles. The Bertz CT molecular complexity index is 628. The van der Waals surface area contributed by atoms with E-state index < -0.39 is 9.35 Å². The van der Waals surface area contributed by atoms with Crippen molar-refractivity contribution in [1.82, 2.24) is 5.32 Å². The summed E-state index contributed by atoms with van der Waals surface area (Å²) in [4.78, 5) is 4.72. The maximum absolute atomic E-state index is 12.2. The van der Waals surface area contributed by atoms with Crippen LogP contribution >= 0.6 is 0 Å². The molecule has 1 aromatic rings. The number of rotatable bonds is 2. The van der Waals surface area contributed by atoms with Crippen LogP contribution in [0.25, 0.3) is 0 Å². The SMILES string of the molecule is CS1(=O)(O)CCN(c2ccc(N3C[C@H]4CNC[C@H]4C3)cc2)CC1. The molecule has 2 atom stereocenters. The van der Waals surface area contributed by atoms with Crippen LogP contribution in [0.4, 0.5) is 11.4 Å². The highest BCUT2D eigenvalue weighted by Crippen LogP contribution is 2.32. The number of nitrogens with one attached hydrogen (secondary N) is 1. The third-order valence-corrected chi connectivity index (χ3v) is 8.20. The Balaban J connectivity index is 1.42. The minimum Gasteiger partial charge on any atom is -0.371 e. The van der Waals surface area contributed by atoms with Gasteiger partial charge in [-0.05, 0) is 36.1 Å². The minimum absolute atomic E-state index is 0.376. The second-order valence-corrected chi connectivity index (χ2v) is 11.9. The van der Waals surface area contributed by atoms with Crippen LogP contribution < -0.4 is 15.1 Å². The number of nitrogens with zero attached hydrogens (tertiary/aromatic N) is 2. The molecular formula is C17H27N3O2S. The Morgan fingerprint density at radius 2 is 1.48 bits per heavy atom. The number of hydrogen-bond donors (Lipinski definition) is 2. The lowest BCUT2D eigenvalue weighted by atomic mass is 10.0. The van der Waals surface area contributed by atoms with E-state index in [0.717, 1.165) is 43.7 Å². The first-order valence-corrected chi connectivity index (χ1v) is 11.2. The zero-order chi connectivity index (χ0) is 16.1. The predicted octanol–water partition coefficient (Wildman–Crippen LogP) is 1.09. The fraction of sp³-hybridized carbons (Fsp3) is 0.647. The van der Waals surface area contributed by atoms with Gasteiger partial charge in [-0.3, -0.25) is 0 Å². The van der Waals surface area contributed by atoms with Crippen LogP contribution in [0.5, 0.6) is 0 Å². The molecule has 0 bridgehead atoms. The van der Waals surface area contributed by atoms with Crippen molar-refractivity contribution in [3.05, 3.63) is 24.3 Å². The first kappa shape index (κ1) is 15.4. The lowest BCUT2D eigenvalue weighted by Crippen LogP contribution is -2.52. The van der Waals surface area contributed by atoms with Crippen molar-refractivity contribution in [2.45, 2.75) is 0 Å². The Kier molecular flexibility index (Phi) is 3.48. The highest BCUT2D eigenvalue weighted by molar-refractivity contribution is 8.14. The molecule has 128 valence electrons. The fourth-order valence-electron chi connectivity index (χ4n) is 4.10. The Hall–Kier alpha value is -1.11. The fourth-order valence-corrected chi connectivity index (χ4v) is 5.68. The molecule has 0 aliphatic carbocycles. The summed E-state index contributed by atoms with van der Waals surface area (Å²) in [6.45, 7) is 5.96. The van der Waals surface area contributed by atoms with Crippen molar-refractivity contribution in [1.29, 1.82) is 0 Å². The molecule has 0 spiro atoms. The van der Waals surface area contributed by atoms with Gasteiger partial charge < -0.3 is 19.7 Å². The molecule has 23 heavy (non-hydrogen) atoms. The van der Waals surface area contributed by atoms with Crippen LogP contribution in [-0.4, -0.2) is 65.8 Å². The van der Waals surface area contributed by atoms with Gasteiger partial charge in [0.15, 0.2) is 0 Å².